The maximum Gasteiger partial charge on any atom is 0.311 e. The van der Waals surface area contributed by atoms with Crippen LogP contribution in [0.4, 0.5) is 11.4 Å². The highest BCUT2D eigenvalue weighted by Crippen LogP contribution is 2.32. The predicted molar refractivity (Wildman–Crippen MR) is 83.9 cm³/mol. The van der Waals surface area contributed by atoms with Crippen LogP contribution < -0.4 is 10.1 Å². The Morgan fingerprint density at radius 3 is 2.81 bits per heavy atom. The largest absolute Gasteiger partial charge is 0.487 e. The summed E-state index contributed by atoms with van der Waals surface area (Å²) in [5.41, 5.74) is 0.930. The van der Waals surface area contributed by atoms with E-state index >= 15 is 0 Å². The molecule has 0 heterocycles. The molecule has 5 nitrogen and oxygen atoms in total. The molecule has 0 aliphatic heterocycles. The van der Waals surface area contributed by atoms with E-state index in [4.69, 9.17) is 4.74 Å². The summed E-state index contributed by atoms with van der Waals surface area (Å²) in [7, 11) is 0. The van der Waals surface area contributed by atoms with E-state index in [1.807, 2.05) is 6.92 Å². The SMILES string of the molecule is CCOc1cc(NC2CCCCCC2C)ccc1[N+](=O)[O-]. The summed E-state index contributed by atoms with van der Waals surface area (Å²) in [6, 6.07) is 5.48. The molecule has 0 amide bonds. The van der Waals surface area contributed by atoms with Crippen LogP contribution in [-0.4, -0.2) is 17.6 Å². The standard InChI is InChI=1S/C16H24N2O3/c1-3-21-16-11-13(9-10-15(16)18(19)20)17-14-8-6-4-5-7-12(14)2/h9-12,14,17H,3-8H2,1-2H3. The Balaban J connectivity index is 2.15. The zero-order valence-corrected chi connectivity index (χ0v) is 12.8. The molecule has 5 heteroatoms. The van der Waals surface area contributed by atoms with Gasteiger partial charge in [0.15, 0.2) is 5.75 Å². The zero-order chi connectivity index (χ0) is 15.2. The van der Waals surface area contributed by atoms with Crippen LogP contribution in [0.25, 0.3) is 0 Å². The Kier molecular flexibility index (Phi) is 5.42. The fraction of sp³-hybridized carbons (Fsp3) is 0.625. The molecule has 1 aliphatic carbocycles. The molecule has 0 aromatic heterocycles. The summed E-state index contributed by atoms with van der Waals surface area (Å²) in [6.07, 6.45) is 6.23. The highest BCUT2D eigenvalue weighted by Gasteiger charge is 2.21. The predicted octanol–water partition coefficient (Wildman–Crippen LogP) is 4.37. The third-order valence-electron chi connectivity index (χ3n) is 4.17. The van der Waals surface area contributed by atoms with Crippen LogP contribution in [0.5, 0.6) is 5.75 Å². The summed E-state index contributed by atoms with van der Waals surface area (Å²) in [4.78, 5) is 10.6. The van der Waals surface area contributed by atoms with Crippen LogP contribution in [0.2, 0.25) is 0 Å². The van der Waals surface area contributed by atoms with E-state index in [9.17, 15) is 10.1 Å². The number of nitro benzene ring substituents is 1. The second-order valence-corrected chi connectivity index (χ2v) is 5.74. The highest BCUT2D eigenvalue weighted by molar-refractivity contribution is 5.58. The Bertz CT molecular complexity index is 490. The second-order valence-electron chi connectivity index (χ2n) is 5.74. The van der Waals surface area contributed by atoms with Crippen molar-refractivity contribution in [2.75, 3.05) is 11.9 Å². The van der Waals surface area contributed by atoms with Gasteiger partial charge in [-0.15, -0.1) is 0 Å². The number of rotatable bonds is 5. The number of nitrogens with zero attached hydrogens (tertiary/aromatic N) is 1. The molecule has 116 valence electrons. The van der Waals surface area contributed by atoms with Gasteiger partial charge in [0, 0.05) is 23.9 Å². The summed E-state index contributed by atoms with van der Waals surface area (Å²) in [5.74, 6) is 0.965. The van der Waals surface area contributed by atoms with Crippen molar-refractivity contribution in [3.8, 4) is 5.75 Å². The first kappa shape index (κ1) is 15.6. The first-order valence-corrected chi connectivity index (χ1v) is 7.79. The van der Waals surface area contributed by atoms with Gasteiger partial charge in [-0.2, -0.15) is 0 Å². The third kappa shape index (κ3) is 4.09. The van der Waals surface area contributed by atoms with Gasteiger partial charge in [-0.05, 0) is 31.7 Å². The van der Waals surface area contributed by atoms with Crippen molar-refractivity contribution in [2.45, 2.75) is 52.0 Å². The van der Waals surface area contributed by atoms with Crippen LogP contribution in [0.15, 0.2) is 18.2 Å². The fourth-order valence-corrected chi connectivity index (χ4v) is 2.95. The number of hydrogen-bond donors (Lipinski definition) is 1. The maximum absolute atomic E-state index is 11.0. The van der Waals surface area contributed by atoms with Gasteiger partial charge >= 0.3 is 5.69 Å². The van der Waals surface area contributed by atoms with E-state index in [1.54, 1.807) is 12.1 Å². The lowest BCUT2D eigenvalue weighted by molar-refractivity contribution is -0.385. The molecule has 0 saturated heterocycles. The van der Waals surface area contributed by atoms with Crippen LogP contribution in [0.1, 0.15) is 46.0 Å². The lowest BCUT2D eigenvalue weighted by Gasteiger charge is -2.24. The van der Waals surface area contributed by atoms with Crippen molar-refractivity contribution in [1.29, 1.82) is 0 Å². The highest BCUT2D eigenvalue weighted by atomic mass is 16.6. The first-order chi connectivity index (χ1) is 10.1. The fourth-order valence-electron chi connectivity index (χ4n) is 2.95. The minimum atomic E-state index is -0.400. The Labute approximate surface area is 125 Å². The molecule has 1 fully saturated rings. The monoisotopic (exact) mass is 292 g/mol. The molecule has 21 heavy (non-hydrogen) atoms. The summed E-state index contributed by atoms with van der Waals surface area (Å²) in [6.45, 7) is 4.53. The Hall–Kier alpha value is -1.78. The van der Waals surface area contributed by atoms with Crippen molar-refractivity contribution >= 4 is 11.4 Å². The van der Waals surface area contributed by atoms with Gasteiger partial charge in [0.05, 0.1) is 11.5 Å². The van der Waals surface area contributed by atoms with Gasteiger partial charge < -0.3 is 10.1 Å². The Morgan fingerprint density at radius 1 is 1.33 bits per heavy atom. The summed E-state index contributed by atoms with van der Waals surface area (Å²) in [5, 5.41) is 14.5. The summed E-state index contributed by atoms with van der Waals surface area (Å²) < 4.78 is 5.40. The molecular formula is C16H24N2O3. The van der Waals surface area contributed by atoms with Gasteiger partial charge in [-0.1, -0.05) is 26.2 Å². The average molecular weight is 292 g/mol. The smallest absolute Gasteiger partial charge is 0.311 e. The zero-order valence-electron chi connectivity index (χ0n) is 12.8. The van der Waals surface area contributed by atoms with Crippen molar-refractivity contribution in [3.63, 3.8) is 0 Å². The minimum absolute atomic E-state index is 0.0244. The quantitative estimate of drug-likeness (QED) is 0.497. The molecule has 1 saturated carbocycles. The number of ether oxygens (including phenoxy) is 1. The van der Waals surface area contributed by atoms with Crippen LogP contribution in [0.3, 0.4) is 0 Å². The van der Waals surface area contributed by atoms with E-state index < -0.39 is 4.92 Å². The first-order valence-electron chi connectivity index (χ1n) is 7.79. The van der Waals surface area contributed by atoms with Gasteiger partial charge in [0.25, 0.3) is 0 Å². The van der Waals surface area contributed by atoms with Gasteiger partial charge in [0.2, 0.25) is 0 Å². The van der Waals surface area contributed by atoms with Crippen LogP contribution in [-0.2, 0) is 0 Å². The molecule has 1 aromatic rings. The molecule has 2 unspecified atom stereocenters. The Morgan fingerprint density at radius 2 is 2.10 bits per heavy atom. The average Bonchev–Trinajstić information content (AvgIpc) is 2.64. The van der Waals surface area contributed by atoms with E-state index in [0.717, 1.165) is 12.1 Å². The number of anilines is 1. The molecule has 0 spiro atoms. The van der Waals surface area contributed by atoms with Crippen molar-refractivity contribution in [1.82, 2.24) is 0 Å². The molecule has 0 radical (unpaired) electrons. The normalized spacial score (nSPS) is 22.4. The van der Waals surface area contributed by atoms with E-state index in [2.05, 4.69) is 12.2 Å². The van der Waals surface area contributed by atoms with Gasteiger partial charge in [-0.3, -0.25) is 10.1 Å². The van der Waals surface area contributed by atoms with Gasteiger partial charge in [-0.25, -0.2) is 0 Å². The van der Waals surface area contributed by atoms with Crippen molar-refractivity contribution in [3.05, 3.63) is 28.3 Å². The molecule has 1 aliphatic rings. The molecule has 1 N–H and O–H groups in total. The molecule has 2 atom stereocenters. The number of nitrogens with one attached hydrogen (secondary N) is 1. The van der Waals surface area contributed by atoms with E-state index in [-0.39, 0.29) is 5.69 Å². The topological polar surface area (TPSA) is 64.4 Å². The molecule has 1 aromatic carbocycles. The lowest BCUT2D eigenvalue weighted by atomic mass is 9.96. The van der Waals surface area contributed by atoms with Gasteiger partial charge in [0.1, 0.15) is 0 Å². The van der Waals surface area contributed by atoms with Crippen LogP contribution >= 0.6 is 0 Å². The number of nitro groups is 1. The van der Waals surface area contributed by atoms with E-state index in [0.29, 0.717) is 24.3 Å². The number of benzene rings is 1. The second kappa shape index (κ2) is 7.29. The molecular weight excluding hydrogens is 268 g/mol. The van der Waals surface area contributed by atoms with Crippen molar-refractivity contribution in [2.24, 2.45) is 5.92 Å². The lowest BCUT2D eigenvalue weighted by Crippen LogP contribution is -2.26. The summed E-state index contributed by atoms with van der Waals surface area (Å²) >= 11 is 0. The van der Waals surface area contributed by atoms with Crippen molar-refractivity contribution < 1.29 is 9.66 Å². The van der Waals surface area contributed by atoms with E-state index in [1.165, 1.54) is 31.7 Å². The maximum atomic E-state index is 11.0. The van der Waals surface area contributed by atoms with Crippen LogP contribution in [0, 0.1) is 16.0 Å². The molecule has 0 bridgehead atoms. The third-order valence-corrected chi connectivity index (χ3v) is 4.17. The molecule has 2 rings (SSSR count). The number of hydrogen-bond acceptors (Lipinski definition) is 4. The minimum Gasteiger partial charge on any atom is -0.487 e.